The third kappa shape index (κ3) is 2.93. The van der Waals surface area contributed by atoms with Crippen LogP contribution in [0.25, 0.3) is 10.9 Å². The second-order valence-corrected chi connectivity index (χ2v) is 7.50. The van der Waals surface area contributed by atoms with E-state index < -0.39 is 5.92 Å². The summed E-state index contributed by atoms with van der Waals surface area (Å²) >= 11 is 0. The van der Waals surface area contributed by atoms with Crippen LogP contribution >= 0.6 is 0 Å². The molecule has 144 valence electrons. The van der Waals surface area contributed by atoms with Crippen molar-refractivity contribution >= 4 is 16.9 Å². The third-order valence-electron chi connectivity index (χ3n) is 6.24. The standard InChI is InChI=1S/C21H26N2O4/c1-3-12-10-23-7-6-14-16-8-13(25)4-5-18(16)22-20(14)19(23)9-15(12)17(11-24)21(26)27-2/h3-5,8,15,17,19,22,24-25H,6-7,9-11H2,1-2H3. The van der Waals surface area contributed by atoms with Gasteiger partial charge in [-0.05, 0) is 49.4 Å². The number of aliphatic hydroxyl groups is 1. The number of hydrogen-bond donors (Lipinski definition) is 3. The van der Waals surface area contributed by atoms with E-state index in [4.69, 9.17) is 4.74 Å². The van der Waals surface area contributed by atoms with Crippen molar-refractivity contribution < 1.29 is 19.7 Å². The van der Waals surface area contributed by atoms with Crippen LogP contribution in [0, 0.1) is 11.8 Å². The number of esters is 1. The highest BCUT2D eigenvalue weighted by atomic mass is 16.5. The minimum Gasteiger partial charge on any atom is -0.508 e. The van der Waals surface area contributed by atoms with Crippen molar-refractivity contribution in [2.24, 2.45) is 11.8 Å². The van der Waals surface area contributed by atoms with Crippen molar-refractivity contribution in [3.05, 3.63) is 41.1 Å². The fraction of sp³-hybridized carbons (Fsp3) is 0.476. The largest absolute Gasteiger partial charge is 0.508 e. The molecule has 0 amide bonds. The molecule has 6 nitrogen and oxygen atoms in total. The number of nitrogens with zero attached hydrogens (tertiary/aromatic N) is 1. The highest BCUT2D eigenvalue weighted by Gasteiger charge is 2.42. The zero-order chi connectivity index (χ0) is 19.1. The number of aromatic hydroxyl groups is 1. The Morgan fingerprint density at radius 1 is 1.48 bits per heavy atom. The van der Waals surface area contributed by atoms with Gasteiger partial charge in [-0.3, -0.25) is 9.69 Å². The molecule has 27 heavy (non-hydrogen) atoms. The number of aliphatic hydroxyl groups excluding tert-OH is 1. The first-order chi connectivity index (χ1) is 13.1. The summed E-state index contributed by atoms with van der Waals surface area (Å²) in [5.41, 5.74) is 4.64. The number of carbonyl (C=O) groups excluding carboxylic acids is 1. The zero-order valence-corrected chi connectivity index (χ0v) is 15.7. The number of rotatable bonds is 3. The van der Waals surface area contributed by atoms with Crippen molar-refractivity contribution in [1.29, 1.82) is 0 Å². The van der Waals surface area contributed by atoms with Crippen LogP contribution in [0.3, 0.4) is 0 Å². The maximum Gasteiger partial charge on any atom is 0.311 e. The minimum absolute atomic E-state index is 0.0422. The summed E-state index contributed by atoms with van der Waals surface area (Å²) in [4.78, 5) is 18.2. The summed E-state index contributed by atoms with van der Waals surface area (Å²) in [6, 6.07) is 5.59. The number of benzene rings is 1. The average Bonchev–Trinajstić information content (AvgIpc) is 3.06. The van der Waals surface area contributed by atoms with Crippen LogP contribution in [-0.2, 0) is 16.0 Å². The SMILES string of the molecule is CC=C1CN2CCc3c([nH]c4ccc(O)cc34)C2CC1C(CO)C(=O)OC. The highest BCUT2D eigenvalue weighted by molar-refractivity contribution is 5.86. The molecule has 3 heterocycles. The number of aromatic amines is 1. The lowest BCUT2D eigenvalue weighted by molar-refractivity contribution is -0.149. The molecular weight excluding hydrogens is 344 g/mol. The van der Waals surface area contributed by atoms with Gasteiger partial charge >= 0.3 is 5.97 Å². The number of fused-ring (bicyclic) bond motifs is 5. The van der Waals surface area contributed by atoms with Crippen molar-refractivity contribution in [3.8, 4) is 5.75 Å². The van der Waals surface area contributed by atoms with Crippen LogP contribution in [0.15, 0.2) is 29.8 Å². The summed E-state index contributed by atoms with van der Waals surface area (Å²) in [5.74, 6) is -0.662. The van der Waals surface area contributed by atoms with Gasteiger partial charge in [0.1, 0.15) is 5.75 Å². The molecule has 0 spiro atoms. The summed E-state index contributed by atoms with van der Waals surface area (Å²) in [7, 11) is 1.37. The van der Waals surface area contributed by atoms with E-state index in [1.165, 1.54) is 23.9 Å². The Bertz CT molecular complexity index is 901. The topological polar surface area (TPSA) is 85.8 Å². The van der Waals surface area contributed by atoms with E-state index in [0.29, 0.717) is 0 Å². The zero-order valence-electron chi connectivity index (χ0n) is 15.7. The number of phenolic OH excluding ortho intramolecular Hbond substituents is 1. The van der Waals surface area contributed by atoms with E-state index >= 15 is 0 Å². The molecule has 0 bridgehead atoms. The molecular formula is C21H26N2O4. The lowest BCUT2D eigenvalue weighted by Crippen LogP contribution is -2.45. The van der Waals surface area contributed by atoms with Crippen LogP contribution in [-0.4, -0.2) is 52.9 Å². The monoisotopic (exact) mass is 370 g/mol. The number of allylic oxidation sites excluding steroid dienone is 1. The highest BCUT2D eigenvalue weighted by Crippen LogP contribution is 2.45. The number of hydrogen-bond acceptors (Lipinski definition) is 5. The van der Waals surface area contributed by atoms with E-state index in [0.717, 1.165) is 36.8 Å². The quantitative estimate of drug-likeness (QED) is 0.571. The van der Waals surface area contributed by atoms with Crippen molar-refractivity contribution in [2.45, 2.75) is 25.8 Å². The molecule has 0 saturated carbocycles. The van der Waals surface area contributed by atoms with Gasteiger partial charge in [-0.15, -0.1) is 0 Å². The average molecular weight is 370 g/mol. The number of aromatic nitrogens is 1. The first-order valence-electron chi connectivity index (χ1n) is 9.48. The molecule has 4 rings (SSSR count). The van der Waals surface area contributed by atoms with E-state index in [1.54, 1.807) is 6.07 Å². The summed E-state index contributed by atoms with van der Waals surface area (Å²) in [6.45, 7) is 3.51. The van der Waals surface area contributed by atoms with Crippen molar-refractivity contribution in [3.63, 3.8) is 0 Å². The molecule has 6 heteroatoms. The maximum atomic E-state index is 12.2. The Morgan fingerprint density at radius 2 is 2.30 bits per heavy atom. The first-order valence-corrected chi connectivity index (χ1v) is 9.48. The number of phenols is 1. The van der Waals surface area contributed by atoms with E-state index in [2.05, 4.69) is 16.0 Å². The normalized spacial score (nSPS) is 25.2. The van der Waals surface area contributed by atoms with E-state index in [-0.39, 0.29) is 30.3 Å². The number of ether oxygens (including phenoxy) is 1. The van der Waals surface area contributed by atoms with Crippen molar-refractivity contribution in [1.82, 2.24) is 9.88 Å². The van der Waals surface area contributed by atoms with Gasteiger partial charge in [0.05, 0.1) is 25.7 Å². The Kier molecular flexibility index (Phi) is 4.70. The Morgan fingerprint density at radius 3 is 3.00 bits per heavy atom. The lowest BCUT2D eigenvalue weighted by Gasteiger charge is -2.45. The van der Waals surface area contributed by atoms with Gasteiger partial charge < -0.3 is 19.9 Å². The van der Waals surface area contributed by atoms with Gasteiger partial charge in [0.25, 0.3) is 0 Å². The molecule has 2 aliphatic heterocycles. The first kappa shape index (κ1) is 18.1. The summed E-state index contributed by atoms with van der Waals surface area (Å²) < 4.78 is 4.94. The van der Waals surface area contributed by atoms with Gasteiger partial charge in [0.2, 0.25) is 0 Å². The van der Waals surface area contributed by atoms with Crippen LogP contribution in [0.5, 0.6) is 5.75 Å². The number of piperidine rings is 1. The molecule has 1 aromatic carbocycles. The number of methoxy groups -OCH3 is 1. The second-order valence-electron chi connectivity index (χ2n) is 7.50. The van der Waals surface area contributed by atoms with Gasteiger partial charge in [0.15, 0.2) is 0 Å². The second kappa shape index (κ2) is 7.02. The Hall–Kier alpha value is -2.31. The predicted octanol–water partition coefficient (Wildman–Crippen LogP) is 2.52. The molecule has 0 radical (unpaired) electrons. The van der Waals surface area contributed by atoms with Crippen LogP contribution in [0.2, 0.25) is 0 Å². The smallest absolute Gasteiger partial charge is 0.311 e. The molecule has 2 aromatic rings. The van der Waals surface area contributed by atoms with E-state index in [1.807, 2.05) is 19.1 Å². The maximum absolute atomic E-state index is 12.2. The molecule has 1 saturated heterocycles. The third-order valence-corrected chi connectivity index (χ3v) is 6.24. The number of H-pyrrole nitrogens is 1. The van der Waals surface area contributed by atoms with Crippen LogP contribution in [0.4, 0.5) is 0 Å². The Balaban J connectivity index is 1.74. The molecule has 1 fully saturated rings. The fourth-order valence-electron chi connectivity index (χ4n) is 4.85. The van der Waals surface area contributed by atoms with Gasteiger partial charge in [-0.25, -0.2) is 0 Å². The van der Waals surface area contributed by atoms with Gasteiger partial charge in [0, 0.05) is 29.7 Å². The summed E-state index contributed by atoms with van der Waals surface area (Å²) in [5, 5.41) is 20.8. The molecule has 3 N–H and O–H groups in total. The van der Waals surface area contributed by atoms with Gasteiger partial charge in [-0.2, -0.15) is 0 Å². The molecule has 3 unspecified atom stereocenters. The van der Waals surface area contributed by atoms with Crippen LogP contribution in [0.1, 0.15) is 30.6 Å². The van der Waals surface area contributed by atoms with Crippen molar-refractivity contribution in [2.75, 3.05) is 26.8 Å². The number of nitrogens with one attached hydrogen (secondary N) is 1. The summed E-state index contributed by atoms with van der Waals surface area (Å²) in [6.07, 6.45) is 3.76. The lowest BCUT2D eigenvalue weighted by atomic mass is 9.75. The van der Waals surface area contributed by atoms with E-state index in [9.17, 15) is 15.0 Å². The molecule has 0 aliphatic carbocycles. The fourth-order valence-corrected chi connectivity index (χ4v) is 4.85. The molecule has 1 aromatic heterocycles. The minimum atomic E-state index is -0.540. The Labute approximate surface area is 158 Å². The molecule has 3 atom stereocenters. The molecule has 2 aliphatic rings. The van der Waals surface area contributed by atoms with Crippen LogP contribution < -0.4 is 0 Å². The predicted molar refractivity (Wildman–Crippen MR) is 102 cm³/mol. The number of carbonyl (C=O) groups is 1. The van der Waals surface area contributed by atoms with Gasteiger partial charge in [-0.1, -0.05) is 11.6 Å².